The lowest BCUT2D eigenvalue weighted by Gasteiger charge is -2.23. The van der Waals surface area contributed by atoms with Gasteiger partial charge in [0.2, 0.25) is 0 Å². The average Bonchev–Trinajstić information content (AvgIpc) is 3.02. The van der Waals surface area contributed by atoms with Crippen molar-refractivity contribution in [2.75, 3.05) is 13.2 Å². The minimum Gasteiger partial charge on any atom is -0.492 e. The van der Waals surface area contributed by atoms with E-state index in [0.29, 0.717) is 17.5 Å². The molecule has 6 nitrogen and oxygen atoms in total. The van der Waals surface area contributed by atoms with Crippen molar-refractivity contribution in [3.8, 4) is 17.1 Å². The van der Waals surface area contributed by atoms with Crippen molar-refractivity contribution in [2.24, 2.45) is 7.05 Å². The average molecular weight is 323 g/mol. The summed E-state index contributed by atoms with van der Waals surface area (Å²) in [5.74, 6) is 1.56. The first-order valence-electron chi connectivity index (χ1n) is 8.40. The molecule has 0 spiro atoms. The summed E-state index contributed by atoms with van der Waals surface area (Å²) in [6, 6.07) is 8.41. The Balaban J connectivity index is 1.45. The number of imidazole rings is 1. The predicted molar refractivity (Wildman–Crippen MR) is 92.9 cm³/mol. The Kier molecular flexibility index (Phi) is 4.13. The number of ether oxygens (including phenoxy) is 1. The molecule has 0 saturated carbocycles. The topological polar surface area (TPSA) is 64.9 Å². The van der Waals surface area contributed by atoms with Gasteiger partial charge in [-0.3, -0.25) is 0 Å². The van der Waals surface area contributed by atoms with Crippen LogP contribution in [0, 0.1) is 0 Å². The number of fused-ring (bicyclic) bond motifs is 1. The van der Waals surface area contributed by atoms with Gasteiger partial charge in [-0.2, -0.15) is 0 Å². The first-order valence-corrected chi connectivity index (χ1v) is 8.40. The molecule has 1 aliphatic heterocycles. The zero-order valence-electron chi connectivity index (χ0n) is 13.8. The van der Waals surface area contributed by atoms with Crippen LogP contribution in [0.4, 0.5) is 0 Å². The van der Waals surface area contributed by atoms with E-state index in [9.17, 15) is 0 Å². The zero-order valence-corrected chi connectivity index (χ0v) is 13.8. The molecule has 3 aromatic rings. The Morgan fingerprint density at radius 2 is 2.08 bits per heavy atom. The Hall–Kier alpha value is -2.47. The molecular weight excluding hydrogens is 302 g/mol. The van der Waals surface area contributed by atoms with Crippen LogP contribution in [0.25, 0.3) is 22.6 Å². The molecule has 1 N–H and O–H groups in total. The van der Waals surface area contributed by atoms with Crippen molar-refractivity contribution in [1.82, 2.24) is 24.8 Å². The minimum atomic E-state index is 0.466. The standard InChI is InChI=1S/C18H21N5O/c1-23-12-21-18-16(23)10-20-17(22-18)13-5-7-15(8-6-13)24-11-14-4-2-3-9-19-14/h5-8,10,12,14,19H,2-4,9,11H2,1H3. The van der Waals surface area contributed by atoms with Gasteiger partial charge in [0.25, 0.3) is 0 Å². The third-order valence-electron chi connectivity index (χ3n) is 4.46. The molecule has 0 radical (unpaired) electrons. The zero-order chi connectivity index (χ0) is 16.4. The van der Waals surface area contributed by atoms with Crippen LogP contribution in [0.15, 0.2) is 36.8 Å². The second-order valence-electron chi connectivity index (χ2n) is 6.24. The second-order valence-corrected chi connectivity index (χ2v) is 6.24. The van der Waals surface area contributed by atoms with Gasteiger partial charge in [-0.25, -0.2) is 15.0 Å². The normalized spacial score (nSPS) is 18.0. The summed E-state index contributed by atoms with van der Waals surface area (Å²) in [5.41, 5.74) is 2.61. The molecule has 3 heterocycles. The fourth-order valence-corrected chi connectivity index (χ4v) is 3.02. The van der Waals surface area contributed by atoms with Gasteiger partial charge in [0, 0.05) is 18.7 Å². The largest absolute Gasteiger partial charge is 0.492 e. The number of hydrogen-bond donors (Lipinski definition) is 1. The minimum absolute atomic E-state index is 0.466. The molecule has 1 saturated heterocycles. The first kappa shape index (κ1) is 15.1. The van der Waals surface area contributed by atoms with Crippen molar-refractivity contribution in [2.45, 2.75) is 25.3 Å². The van der Waals surface area contributed by atoms with E-state index in [1.807, 2.05) is 42.1 Å². The van der Waals surface area contributed by atoms with E-state index < -0.39 is 0 Å². The summed E-state index contributed by atoms with van der Waals surface area (Å²) in [6.07, 6.45) is 7.30. The van der Waals surface area contributed by atoms with E-state index in [1.165, 1.54) is 19.3 Å². The molecule has 24 heavy (non-hydrogen) atoms. The highest BCUT2D eigenvalue weighted by Gasteiger charge is 2.13. The van der Waals surface area contributed by atoms with Crippen LogP contribution < -0.4 is 10.1 Å². The quantitative estimate of drug-likeness (QED) is 0.799. The van der Waals surface area contributed by atoms with E-state index in [-0.39, 0.29) is 0 Å². The predicted octanol–water partition coefficient (Wildman–Crippen LogP) is 2.55. The van der Waals surface area contributed by atoms with Crippen molar-refractivity contribution in [1.29, 1.82) is 0 Å². The van der Waals surface area contributed by atoms with Crippen molar-refractivity contribution in [3.63, 3.8) is 0 Å². The smallest absolute Gasteiger partial charge is 0.181 e. The maximum absolute atomic E-state index is 5.89. The second kappa shape index (κ2) is 6.57. The highest BCUT2D eigenvalue weighted by Crippen LogP contribution is 2.21. The Morgan fingerprint density at radius 1 is 1.21 bits per heavy atom. The highest BCUT2D eigenvalue weighted by atomic mass is 16.5. The van der Waals surface area contributed by atoms with Crippen LogP contribution in [0.2, 0.25) is 0 Å². The molecule has 6 heteroatoms. The molecule has 1 fully saturated rings. The molecule has 1 aromatic carbocycles. The van der Waals surface area contributed by atoms with Crippen LogP contribution in [0.3, 0.4) is 0 Å². The molecule has 1 aliphatic rings. The van der Waals surface area contributed by atoms with Crippen molar-refractivity contribution < 1.29 is 4.74 Å². The van der Waals surface area contributed by atoms with E-state index in [0.717, 1.165) is 30.0 Å². The van der Waals surface area contributed by atoms with Crippen LogP contribution in [-0.4, -0.2) is 38.7 Å². The number of rotatable bonds is 4. The molecule has 4 rings (SSSR count). The van der Waals surface area contributed by atoms with Gasteiger partial charge in [0.1, 0.15) is 17.9 Å². The van der Waals surface area contributed by atoms with E-state index in [1.54, 1.807) is 6.33 Å². The van der Waals surface area contributed by atoms with Gasteiger partial charge in [-0.15, -0.1) is 0 Å². The molecule has 124 valence electrons. The molecule has 0 amide bonds. The summed E-state index contributed by atoms with van der Waals surface area (Å²) in [6.45, 7) is 1.82. The third kappa shape index (κ3) is 3.10. The van der Waals surface area contributed by atoms with Gasteiger partial charge in [0.15, 0.2) is 11.5 Å². The van der Waals surface area contributed by atoms with Crippen LogP contribution in [-0.2, 0) is 7.05 Å². The SMILES string of the molecule is Cn1cnc2nc(-c3ccc(OCC4CCCCN4)cc3)ncc21. The van der Waals surface area contributed by atoms with Gasteiger partial charge in [0.05, 0.1) is 12.5 Å². The van der Waals surface area contributed by atoms with Crippen LogP contribution in [0.5, 0.6) is 5.75 Å². The molecule has 1 atom stereocenters. The number of aromatic nitrogens is 4. The molecular formula is C18H21N5O. The monoisotopic (exact) mass is 323 g/mol. The number of aryl methyl sites for hydroxylation is 1. The summed E-state index contributed by atoms with van der Waals surface area (Å²) in [7, 11) is 1.94. The molecule has 0 bridgehead atoms. The van der Waals surface area contributed by atoms with Crippen molar-refractivity contribution >= 4 is 11.2 Å². The number of benzene rings is 1. The van der Waals surface area contributed by atoms with E-state index in [4.69, 9.17) is 4.74 Å². The maximum Gasteiger partial charge on any atom is 0.181 e. The summed E-state index contributed by atoms with van der Waals surface area (Å²) < 4.78 is 7.80. The lowest BCUT2D eigenvalue weighted by Crippen LogP contribution is -2.38. The Morgan fingerprint density at radius 3 is 2.88 bits per heavy atom. The van der Waals surface area contributed by atoms with Gasteiger partial charge < -0.3 is 14.6 Å². The lowest BCUT2D eigenvalue weighted by atomic mass is 10.1. The third-order valence-corrected chi connectivity index (χ3v) is 4.46. The number of nitrogens with zero attached hydrogens (tertiary/aromatic N) is 4. The Bertz CT molecular complexity index is 821. The first-order chi connectivity index (χ1) is 11.8. The number of nitrogens with one attached hydrogen (secondary N) is 1. The van der Waals surface area contributed by atoms with Crippen LogP contribution >= 0.6 is 0 Å². The fourth-order valence-electron chi connectivity index (χ4n) is 3.02. The fraction of sp³-hybridized carbons (Fsp3) is 0.389. The van der Waals surface area contributed by atoms with Crippen LogP contribution in [0.1, 0.15) is 19.3 Å². The summed E-state index contributed by atoms with van der Waals surface area (Å²) in [4.78, 5) is 13.2. The van der Waals surface area contributed by atoms with Gasteiger partial charge in [-0.1, -0.05) is 6.42 Å². The highest BCUT2D eigenvalue weighted by molar-refractivity contribution is 5.72. The number of piperidine rings is 1. The van der Waals surface area contributed by atoms with Crippen molar-refractivity contribution in [3.05, 3.63) is 36.8 Å². The molecule has 0 aliphatic carbocycles. The van der Waals surface area contributed by atoms with Gasteiger partial charge >= 0.3 is 0 Å². The maximum atomic E-state index is 5.89. The summed E-state index contributed by atoms with van der Waals surface area (Å²) >= 11 is 0. The Labute approximate surface area is 140 Å². The van der Waals surface area contributed by atoms with E-state index in [2.05, 4.69) is 20.3 Å². The lowest BCUT2D eigenvalue weighted by molar-refractivity contribution is 0.239. The number of hydrogen-bond acceptors (Lipinski definition) is 5. The molecule has 1 unspecified atom stereocenters. The molecule has 2 aromatic heterocycles. The van der Waals surface area contributed by atoms with Gasteiger partial charge in [-0.05, 0) is 43.7 Å². The van der Waals surface area contributed by atoms with E-state index >= 15 is 0 Å². The summed E-state index contributed by atoms with van der Waals surface area (Å²) in [5, 5.41) is 3.49.